The van der Waals surface area contributed by atoms with Crippen LogP contribution in [0.15, 0.2) is 54.9 Å². The third-order valence-corrected chi connectivity index (χ3v) is 5.58. The topological polar surface area (TPSA) is 122 Å². The molecule has 4 aromatic rings. The van der Waals surface area contributed by atoms with E-state index < -0.39 is 4.92 Å². The molecule has 2 N–H and O–H groups in total. The second kappa shape index (κ2) is 7.67. The number of fused-ring (bicyclic) bond motifs is 1. The molecule has 5 rings (SSSR count). The predicted molar refractivity (Wildman–Crippen MR) is 116 cm³/mol. The Bertz CT molecular complexity index is 1260. The average molecular weight is 416 g/mol. The lowest BCUT2D eigenvalue weighted by molar-refractivity contribution is -0.384. The van der Waals surface area contributed by atoms with Gasteiger partial charge in [0, 0.05) is 11.6 Å². The molecule has 0 spiro atoms. The molecular formula is C22H20N6O3. The monoisotopic (exact) mass is 416 g/mol. The summed E-state index contributed by atoms with van der Waals surface area (Å²) in [4.78, 5) is 19.1. The lowest BCUT2D eigenvalue weighted by atomic mass is 10.1. The van der Waals surface area contributed by atoms with Crippen LogP contribution in [0.25, 0.3) is 22.3 Å². The summed E-state index contributed by atoms with van der Waals surface area (Å²) >= 11 is 0. The highest BCUT2D eigenvalue weighted by Crippen LogP contribution is 2.37. The smallest absolute Gasteiger partial charge is 0.273 e. The number of rotatable bonds is 5. The standard InChI is InChI=1S/C22H20N6O3/c23-21-19-20(26-27(15-4-1-2-5-15)22(19)25-13-24-21)14-8-10-17(11-9-14)31-18-7-3-6-16(12-18)28(29)30/h3,6-13,15H,1-2,4-5H2,(H2,23,24,25). The fourth-order valence-electron chi connectivity index (χ4n) is 4.08. The van der Waals surface area contributed by atoms with Crippen molar-refractivity contribution in [2.24, 2.45) is 0 Å². The van der Waals surface area contributed by atoms with Gasteiger partial charge in [0.15, 0.2) is 5.65 Å². The Morgan fingerprint density at radius 1 is 1.06 bits per heavy atom. The van der Waals surface area contributed by atoms with Crippen molar-refractivity contribution in [3.05, 3.63) is 65.0 Å². The number of anilines is 1. The van der Waals surface area contributed by atoms with Gasteiger partial charge in [-0.15, -0.1) is 0 Å². The Balaban J connectivity index is 1.48. The van der Waals surface area contributed by atoms with Crippen molar-refractivity contribution < 1.29 is 9.66 Å². The Hall–Kier alpha value is -4.01. The second-order valence-corrected chi connectivity index (χ2v) is 7.57. The van der Waals surface area contributed by atoms with Crippen LogP contribution in [0.1, 0.15) is 31.7 Å². The van der Waals surface area contributed by atoms with Gasteiger partial charge in [0.05, 0.1) is 22.4 Å². The largest absolute Gasteiger partial charge is 0.457 e. The highest BCUT2D eigenvalue weighted by molar-refractivity contribution is 5.98. The van der Waals surface area contributed by atoms with Crippen molar-refractivity contribution in [3.8, 4) is 22.8 Å². The lowest BCUT2D eigenvalue weighted by Gasteiger charge is -2.10. The first-order chi connectivity index (χ1) is 15.1. The normalized spacial score (nSPS) is 14.2. The van der Waals surface area contributed by atoms with Gasteiger partial charge < -0.3 is 10.5 Å². The summed E-state index contributed by atoms with van der Waals surface area (Å²) in [6.45, 7) is 0. The predicted octanol–water partition coefficient (Wildman–Crippen LogP) is 4.89. The minimum Gasteiger partial charge on any atom is -0.457 e. The molecule has 9 heteroatoms. The Morgan fingerprint density at radius 2 is 1.84 bits per heavy atom. The van der Waals surface area contributed by atoms with Gasteiger partial charge >= 0.3 is 0 Å². The van der Waals surface area contributed by atoms with Crippen LogP contribution in [0, 0.1) is 10.1 Å². The van der Waals surface area contributed by atoms with Crippen LogP contribution in [0.3, 0.4) is 0 Å². The Kier molecular flexibility index (Phi) is 4.70. The summed E-state index contributed by atoms with van der Waals surface area (Å²) in [6.07, 6.45) is 6.01. The van der Waals surface area contributed by atoms with Crippen molar-refractivity contribution in [1.29, 1.82) is 0 Å². The summed E-state index contributed by atoms with van der Waals surface area (Å²) in [5, 5.41) is 16.6. The quantitative estimate of drug-likeness (QED) is 0.363. The zero-order valence-corrected chi connectivity index (χ0v) is 16.6. The second-order valence-electron chi connectivity index (χ2n) is 7.57. The van der Waals surface area contributed by atoms with Gasteiger partial charge in [0.1, 0.15) is 29.3 Å². The summed E-state index contributed by atoms with van der Waals surface area (Å²) in [5.74, 6) is 1.37. The summed E-state index contributed by atoms with van der Waals surface area (Å²) in [6, 6.07) is 13.8. The van der Waals surface area contributed by atoms with E-state index in [0.717, 1.165) is 35.1 Å². The number of hydrogen-bond acceptors (Lipinski definition) is 7. The molecule has 0 unspecified atom stereocenters. The van der Waals surface area contributed by atoms with E-state index >= 15 is 0 Å². The number of nitrogens with zero attached hydrogens (tertiary/aromatic N) is 5. The van der Waals surface area contributed by atoms with Crippen LogP contribution >= 0.6 is 0 Å². The molecule has 0 atom stereocenters. The molecule has 156 valence electrons. The van der Waals surface area contributed by atoms with Gasteiger partial charge in [-0.05, 0) is 43.2 Å². The minimum absolute atomic E-state index is 0.0199. The fourth-order valence-corrected chi connectivity index (χ4v) is 4.08. The molecule has 0 aliphatic heterocycles. The number of hydrogen-bond donors (Lipinski definition) is 1. The number of nitro groups is 1. The molecule has 2 aromatic carbocycles. The van der Waals surface area contributed by atoms with E-state index in [1.807, 2.05) is 16.8 Å². The summed E-state index contributed by atoms with van der Waals surface area (Å²) in [7, 11) is 0. The van der Waals surface area contributed by atoms with Crippen LogP contribution in [-0.2, 0) is 0 Å². The number of nitrogens with two attached hydrogens (primary N) is 1. The molecule has 1 aliphatic carbocycles. The molecule has 9 nitrogen and oxygen atoms in total. The van der Waals surface area contributed by atoms with Crippen molar-refractivity contribution in [1.82, 2.24) is 19.7 Å². The van der Waals surface area contributed by atoms with E-state index in [4.69, 9.17) is 15.6 Å². The number of non-ortho nitro benzene ring substituents is 1. The van der Waals surface area contributed by atoms with Gasteiger partial charge in [-0.3, -0.25) is 10.1 Å². The molecular weight excluding hydrogens is 396 g/mol. The van der Waals surface area contributed by atoms with Crippen LogP contribution in [0.5, 0.6) is 11.5 Å². The Morgan fingerprint density at radius 3 is 2.58 bits per heavy atom. The SMILES string of the molecule is Nc1ncnc2c1c(-c1ccc(Oc3cccc([N+](=O)[O-])c3)cc1)nn2C1CCCC1. The van der Waals surface area contributed by atoms with Gasteiger partial charge in [0.2, 0.25) is 0 Å². The molecule has 2 heterocycles. The highest BCUT2D eigenvalue weighted by atomic mass is 16.6. The molecule has 2 aromatic heterocycles. The number of benzene rings is 2. The van der Waals surface area contributed by atoms with Gasteiger partial charge in [-0.1, -0.05) is 18.9 Å². The summed E-state index contributed by atoms with van der Waals surface area (Å²) < 4.78 is 7.77. The first kappa shape index (κ1) is 19.0. The zero-order chi connectivity index (χ0) is 21.4. The third kappa shape index (κ3) is 3.54. The van der Waals surface area contributed by atoms with Gasteiger partial charge in [-0.2, -0.15) is 5.10 Å². The molecule has 1 aliphatic rings. The van der Waals surface area contributed by atoms with E-state index in [9.17, 15) is 10.1 Å². The molecule has 0 saturated heterocycles. The maximum absolute atomic E-state index is 11.0. The first-order valence-corrected chi connectivity index (χ1v) is 10.1. The summed E-state index contributed by atoms with van der Waals surface area (Å²) in [5.41, 5.74) is 8.54. The van der Waals surface area contributed by atoms with Gasteiger partial charge in [0.25, 0.3) is 5.69 Å². The van der Waals surface area contributed by atoms with Crippen molar-refractivity contribution >= 4 is 22.5 Å². The molecule has 1 fully saturated rings. The van der Waals surface area contributed by atoms with E-state index in [-0.39, 0.29) is 5.69 Å². The number of nitro benzene ring substituents is 1. The average Bonchev–Trinajstić information content (AvgIpc) is 3.43. The van der Waals surface area contributed by atoms with Crippen LogP contribution < -0.4 is 10.5 Å². The number of nitrogen functional groups attached to an aromatic ring is 1. The highest BCUT2D eigenvalue weighted by Gasteiger charge is 2.24. The molecule has 31 heavy (non-hydrogen) atoms. The van der Waals surface area contributed by atoms with E-state index in [0.29, 0.717) is 23.4 Å². The van der Waals surface area contributed by atoms with E-state index in [2.05, 4.69) is 9.97 Å². The first-order valence-electron chi connectivity index (χ1n) is 10.1. The molecule has 0 bridgehead atoms. The fraction of sp³-hybridized carbons (Fsp3) is 0.227. The van der Waals surface area contributed by atoms with Crippen molar-refractivity contribution in [2.75, 3.05) is 5.73 Å². The van der Waals surface area contributed by atoms with Crippen LogP contribution in [0.2, 0.25) is 0 Å². The number of ether oxygens (including phenoxy) is 1. The van der Waals surface area contributed by atoms with Crippen molar-refractivity contribution in [2.45, 2.75) is 31.7 Å². The minimum atomic E-state index is -0.450. The van der Waals surface area contributed by atoms with Crippen LogP contribution in [0.4, 0.5) is 11.5 Å². The van der Waals surface area contributed by atoms with Crippen LogP contribution in [-0.4, -0.2) is 24.7 Å². The maximum atomic E-state index is 11.0. The van der Waals surface area contributed by atoms with E-state index in [1.54, 1.807) is 24.3 Å². The number of aromatic nitrogens is 4. The van der Waals surface area contributed by atoms with Gasteiger partial charge in [-0.25, -0.2) is 14.6 Å². The zero-order valence-electron chi connectivity index (χ0n) is 16.6. The lowest BCUT2D eigenvalue weighted by Crippen LogP contribution is -2.07. The van der Waals surface area contributed by atoms with E-state index in [1.165, 1.54) is 31.3 Å². The molecule has 0 radical (unpaired) electrons. The Labute approximate surface area is 177 Å². The molecule has 1 saturated carbocycles. The molecule has 0 amide bonds. The van der Waals surface area contributed by atoms with Crippen molar-refractivity contribution in [3.63, 3.8) is 0 Å². The third-order valence-electron chi connectivity index (χ3n) is 5.58. The maximum Gasteiger partial charge on any atom is 0.273 e.